The Labute approximate surface area is 178 Å². The Morgan fingerprint density at radius 1 is 1.07 bits per heavy atom. The van der Waals surface area contributed by atoms with Crippen LogP contribution in [0.1, 0.15) is 21.5 Å². The molecule has 4 aromatic rings. The zero-order valence-corrected chi connectivity index (χ0v) is 16.7. The molecule has 0 spiro atoms. The minimum Gasteiger partial charge on any atom is -0.368 e. The van der Waals surface area contributed by atoms with Gasteiger partial charge in [0.2, 0.25) is 5.95 Å². The normalized spacial score (nSPS) is 10.6. The summed E-state index contributed by atoms with van der Waals surface area (Å²) in [6.07, 6.45) is 0. The van der Waals surface area contributed by atoms with Crippen molar-refractivity contribution in [3.63, 3.8) is 0 Å². The number of benzene rings is 3. The van der Waals surface area contributed by atoms with Crippen molar-refractivity contribution in [2.45, 2.75) is 6.92 Å². The molecule has 1 amide bonds. The van der Waals surface area contributed by atoms with Crippen LogP contribution in [0.4, 0.5) is 11.6 Å². The molecule has 3 aromatic carbocycles. The molecule has 4 rings (SSSR count). The number of nitrogens with zero attached hydrogens (tertiary/aromatic N) is 3. The maximum Gasteiger partial charge on any atom is 0.255 e. The Bertz CT molecular complexity index is 1330. The molecular formula is C23H16ClN5O. The van der Waals surface area contributed by atoms with Crippen LogP contribution in [0.5, 0.6) is 0 Å². The number of anilines is 2. The molecule has 0 aliphatic heterocycles. The first-order valence-electron chi connectivity index (χ1n) is 9.10. The van der Waals surface area contributed by atoms with Crippen LogP contribution in [0.2, 0.25) is 5.02 Å². The Morgan fingerprint density at radius 2 is 1.83 bits per heavy atom. The fraction of sp³-hybridized carbons (Fsp3) is 0.0435. The molecule has 6 nitrogen and oxygen atoms in total. The minimum absolute atomic E-state index is 0.156. The van der Waals surface area contributed by atoms with Gasteiger partial charge in [-0.1, -0.05) is 23.7 Å². The van der Waals surface area contributed by atoms with Crippen LogP contribution in [0, 0.1) is 18.3 Å². The molecule has 0 bridgehead atoms. The van der Waals surface area contributed by atoms with Crippen LogP contribution in [-0.4, -0.2) is 15.9 Å². The van der Waals surface area contributed by atoms with Gasteiger partial charge >= 0.3 is 0 Å². The minimum atomic E-state index is -0.269. The number of rotatable bonds is 3. The summed E-state index contributed by atoms with van der Waals surface area (Å²) >= 11 is 6.17. The number of nitrogens with two attached hydrogens (primary N) is 1. The van der Waals surface area contributed by atoms with E-state index in [0.717, 1.165) is 16.5 Å². The fourth-order valence-electron chi connectivity index (χ4n) is 3.13. The van der Waals surface area contributed by atoms with E-state index in [2.05, 4.69) is 15.3 Å². The molecule has 1 aromatic heterocycles. The van der Waals surface area contributed by atoms with E-state index in [1.807, 2.05) is 31.2 Å². The SMILES string of the molecule is Cc1ccc(-c2nc(N)nc3ccc(Cl)cc23)cc1NC(=O)c1ccc(C#N)cc1. The number of amides is 1. The largest absolute Gasteiger partial charge is 0.368 e. The second kappa shape index (κ2) is 7.82. The van der Waals surface area contributed by atoms with E-state index in [-0.39, 0.29) is 11.9 Å². The van der Waals surface area contributed by atoms with Crippen LogP contribution in [-0.2, 0) is 0 Å². The van der Waals surface area contributed by atoms with E-state index in [1.165, 1.54) is 0 Å². The number of nitrogens with one attached hydrogen (secondary N) is 1. The molecule has 7 heteroatoms. The highest BCUT2D eigenvalue weighted by Crippen LogP contribution is 2.31. The van der Waals surface area contributed by atoms with Crippen LogP contribution in [0.3, 0.4) is 0 Å². The molecule has 0 aliphatic rings. The lowest BCUT2D eigenvalue weighted by Crippen LogP contribution is -2.12. The lowest BCUT2D eigenvalue weighted by molar-refractivity contribution is 0.102. The number of carbonyl (C=O) groups is 1. The zero-order chi connectivity index (χ0) is 21.3. The number of halogens is 1. The molecule has 0 saturated heterocycles. The van der Waals surface area contributed by atoms with Gasteiger partial charge in [0.1, 0.15) is 0 Å². The van der Waals surface area contributed by atoms with Crippen molar-refractivity contribution in [3.05, 3.63) is 82.4 Å². The molecular weight excluding hydrogens is 398 g/mol. The highest BCUT2D eigenvalue weighted by molar-refractivity contribution is 6.31. The van der Waals surface area contributed by atoms with Gasteiger partial charge in [0, 0.05) is 27.2 Å². The third-order valence-corrected chi connectivity index (χ3v) is 4.95. The number of nitriles is 1. The first-order chi connectivity index (χ1) is 14.4. The quantitative estimate of drug-likeness (QED) is 0.493. The van der Waals surface area contributed by atoms with E-state index in [0.29, 0.717) is 33.0 Å². The number of nitrogen functional groups attached to an aromatic ring is 1. The number of fused-ring (bicyclic) bond motifs is 1. The van der Waals surface area contributed by atoms with Gasteiger partial charge in [-0.25, -0.2) is 9.97 Å². The van der Waals surface area contributed by atoms with Crippen molar-refractivity contribution >= 4 is 40.0 Å². The average molecular weight is 414 g/mol. The first-order valence-corrected chi connectivity index (χ1v) is 9.48. The molecule has 1 heterocycles. The predicted molar refractivity (Wildman–Crippen MR) is 118 cm³/mol. The van der Waals surface area contributed by atoms with Crippen molar-refractivity contribution in [2.75, 3.05) is 11.1 Å². The van der Waals surface area contributed by atoms with E-state index >= 15 is 0 Å². The van der Waals surface area contributed by atoms with Gasteiger partial charge in [0.15, 0.2) is 0 Å². The maximum absolute atomic E-state index is 12.7. The van der Waals surface area contributed by atoms with Crippen LogP contribution < -0.4 is 11.1 Å². The van der Waals surface area contributed by atoms with Gasteiger partial charge in [-0.3, -0.25) is 4.79 Å². The fourth-order valence-corrected chi connectivity index (χ4v) is 3.31. The average Bonchev–Trinajstić information content (AvgIpc) is 2.75. The summed E-state index contributed by atoms with van der Waals surface area (Å²) < 4.78 is 0. The number of hydrogen-bond donors (Lipinski definition) is 2. The van der Waals surface area contributed by atoms with Gasteiger partial charge in [0.25, 0.3) is 5.91 Å². The lowest BCUT2D eigenvalue weighted by Gasteiger charge is -2.12. The Balaban J connectivity index is 1.74. The second-order valence-corrected chi connectivity index (χ2v) is 7.20. The lowest BCUT2D eigenvalue weighted by atomic mass is 10.0. The Hall–Kier alpha value is -3.95. The standard InChI is InChI=1S/C23H16ClN5O/c1-13-2-5-16(21-18-11-17(24)8-9-19(18)28-23(26)29-21)10-20(13)27-22(30)15-6-3-14(12-25)4-7-15/h2-11H,1H3,(H,27,30)(H2,26,28,29). The monoisotopic (exact) mass is 413 g/mol. The van der Waals surface area contributed by atoms with Crippen molar-refractivity contribution in [1.82, 2.24) is 9.97 Å². The number of aromatic nitrogens is 2. The highest BCUT2D eigenvalue weighted by atomic mass is 35.5. The number of carbonyl (C=O) groups excluding carboxylic acids is 1. The molecule has 30 heavy (non-hydrogen) atoms. The predicted octanol–water partition coefficient (Wildman–Crippen LogP) is 4.96. The summed E-state index contributed by atoms with van der Waals surface area (Å²) in [5.74, 6) is -0.113. The molecule has 146 valence electrons. The van der Waals surface area contributed by atoms with Crippen molar-refractivity contribution in [2.24, 2.45) is 0 Å². The Kier molecular flexibility index (Phi) is 5.05. The number of hydrogen-bond acceptors (Lipinski definition) is 5. The van der Waals surface area contributed by atoms with Gasteiger partial charge in [-0.2, -0.15) is 5.26 Å². The van der Waals surface area contributed by atoms with Crippen molar-refractivity contribution in [3.8, 4) is 17.3 Å². The summed E-state index contributed by atoms with van der Waals surface area (Å²) in [6, 6.07) is 19.5. The first kappa shape index (κ1) is 19.4. The van der Waals surface area contributed by atoms with Crippen LogP contribution >= 0.6 is 11.6 Å². The van der Waals surface area contributed by atoms with Gasteiger partial charge in [0.05, 0.1) is 22.8 Å². The summed E-state index contributed by atoms with van der Waals surface area (Å²) in [5, 5.41) is 13.2. The van der Waals surface area contributed by atoms with Crippen LogP contribution in [0.25, 0.3) is 22.2 Å². The summed E-state index contributed by atoms with van der Waals surface area (Å²) in [6.45, 7) is 1.90. The summed E-state index contributed by atoms with van der Waals surface area (Å²) in [5.41, 5.74) is 10.5. The molecule has 0 radical (unpaired) electrons. The molecule has 0 unspecified atom stereocenters. The third kappa shape index (κ3) is 3.79. The van der Waals surface area contributed by atoms with Crippen LogP contribution in [0.15, 0.2) is 60.7 Å². The van der Waals surface area contributed by atoms with Gasteiger partial charge in [-0.05, 0) is 61.0 Å². The molecule has 0 aliphatic carbocycles. The van der Waals surface area contributed by atoms with E-state index in [1.54, 1.807) is 42.5 Å². The summed E-state index contributed by atoms with van der Waals surface area (Å²) in [7, 11) is 0. The molecule has 0 atom stereocenters. The van der Waals surface area contributed by atoms with Gasteiger partial charge < -0.3 is 11.1 Å². The zero-order valence-electron chi connectivity index (χ0n) is 16.0. The number of aryl methyl sites for hydroxylation is 1. The van der Waals surface area contributed by atoms with Crippen molar-refractivity contribution < 1.29 is 4.79 Å². The summed E-state index contributed by atoms with van der Waals surface area (Å²) in [4.78, 5) is 21.3. The smallest absolute Gasteiger partial charge is 0.255 e. The van der Waals surface area contributed by atoms with Crippen molar-refractivity contribution in [1.29, 1.82) is 5.26 Å². The molecule has 3 N–H and O–H groups in total. The second-order valence-electron chi connectivity index (χ2n) is 6.76. The third-order valence-electron chi connectivity index (χ3n) is 4.71. The maximum atomic E-state index is 12.7. The van der Waals surface area contributed by atoms with E-state index in [9.17, 15) is 4.79 Å². The highest BCUT2D eigenvalue weighted by Gasteiger charge is 2.13. The van der Waals surface area contributed by atoms with Gasteiger partial charge in [-0.15, -0.1) is 0 Å². The molecule has 0 fully saturated rings. The molecule has 0 saturated carbocycles. The van der Waals surface area contributed by atoms with E-state index < -0.39 is 0 Å². The Morgan fingerprint density at radius 3 is 2.57 bits per heavy atom. The van der Waals surface area contributed by atoms with E-state index in [4.69, 9.17) is 22.6 Å². The topological polar surface area (TPSA) is 105 Å².